The van der Waals surface area contributed by atoms with E-state index in [9.17, 15) is 20.0 Å². The lowest BCUT2D eigenvalue weighted by Crippen LogP contribution is -2.22. The van der Waals surface area contributed by atoms with Gasteiger partial charge < -0.3 is 10.4 Å². The first-order valence-electron chi connectivity index (χ1n) is 6.99. The van der Waals surface area contributed by atoms with Crippen LogP contribution in [0.15, 0.2) is 42.5 Å². The van der Waals surface area contributed by atoms with Gasteiger partial charge in [-0.1, -0.05) is 23.7 Å². The molecule has 0 amide bonds. The van der Waals surface area contributed by atoms with Crippen LogP contribution in [0.5, 0.6) is 0 Å². The molecule has 6 nitrogen and oxygen atoms in total. The molecule has 1 atom stereocenters. The van der Waals surface area contributed by atoms with Crippen LogP contribution in [0.25, 0.3) is 0 Å². The highest BCUT2D eigenvalue weighted by Crippen LogP contribution is 2.27. The Morgan fingerprint density at radius 1 is 1.25 bits per heavy atom. The molecule has 2 aromatic rings. The van der Waals surface area contributed by atoms with Crippen LogP contribution in [-0.4, -0.2) is 34.3 Å². The molecule has 1 unspecified atom stereocenters. The van der Waals surface area contributed by atoms with E-state index in [0.29, 0.717) is 5.69 Å². The second-order valence-electron chi connectivity index (χ2n) is 4.98. The Hall–Kier alpha value is -2.15. The van der Waals surface area contributed by atoms with Gasteiger partial charge >= 0.3 is 0 Å². The number of rotatable bonds is 7. The quantitative estimate of drug-likeness (QED) is 0.337. The van der Waals surface area contributed by atoms with Crippen LogP contribution in [0.1, 0.15) is 15.9 Å². The number of nitrogens with zero attached hydrogens (tertiary/aromatic N) is 1. The summed E-state index contributed by atoms with van der Waals surface area (Å²) < 4.78 is 0. The number of ketones is 1. The van der Waals surface area contributed by atoms with Crippen LogP contribution in [-0.2, 0) is 0 Å². The smallest absolute Gasteiger partial charge is 0.270 e. The van der Waals surface area contributed by atoms with Crippen molar-refractivity contribution in [2.45, 2.75) is 6.10 Å². The van der Waals surface area contributed by atoms with Crippen LogP contribution in [0.2, 0.25) is 5.02 Å². The van der Waals surface area contributed by atoms with Gasteiger partial charge in [-0.25, -0.2) is 0 Å². The number of nitro benzene ring substituents is 1. The van der Waals surface area contributed by atoms with Crippen molar-refractivity contribution in [2.24, 2.45) is 0 Å². The fraction of sp³-hybridized carbons (Fsp3) is 0.188. The number of benzene rings is 2. The fourth-order valence-electron chi connectivity index (χ4n) is 2.06. The van der Waals surface area contributed by atoms with Crippen LogP contribution in [0, 0.1) is 10.1 Å². The van der Waals surface area contributed by atoms with Gasteiger partial charge in [-0.3, -0.25) is 14.9 Å². The normalized spacial score (nSPS) is 11.8. The SMILES string of the molecule is O=C(c1ccccc1Cl)c1cc([N+](=O)[O-])ccc1NCC(O)CCl. The minimum Gasteiger partial charge on any atom is -0.390 e. The second kappa shape index (κ2) is 8.10. The zero-order valence-electron chi connectivity index (χ0n) is 12.4. The first kappa shape index (κ1) is 18.2. The number of carbonyl (C=O) groups is 1. The summed E-state index contributed by atoms with van der Waals surface area (Å²) in [5.74, 6) is -0.430. The van der Waals surface area contributed by atoms with Crippen molar-refractivity contribution in [1.29, 1.82) is 0 Å². The summed E-state index contributed by atoms with van der Waals surface area (Å²) >= 11 is 11.6. The Morgan fingerprint density at radius 2 is 1.96 bits per heavy atom. The van der Waals surface area contributed by atoms with Crippen molar-refractivity contribution in [3.8, 4) is 0 Å². The number of halogens is 2. The summed E-state index contributed by atoms with van der Waals surface area (Å²) in [6, 6.07) is 10.3. The number of non-ortho nitro benzene ring substituents is 1. The molecule has 0 aliphatic rings. The van der Waals surface area contributed by atoms with Crippen LogP contribution < -0.4 is 5.32 Å². The predicted molar refractivity (Wildman–Crippen MR) is 93.2 cm³/mol. The number of hydrogen-bond donors (Lipinski definition) is 2. The molecule has 0 saturated heterocycles. The Bertz CT molecular complexity index is 767. The van der Waals surface area contributed by atoms with Crippen LogP contribution in [0.3, 0.4) is 0 Å². The van der Waals surface area contributed by atoms with E-state index in [2.05, 4.69) is 5.32 Å². The van der Waals surface area contributed by atoms with Crippen molar-refractivity contribution >= 4 is 40.4 Å². The highest BCUT2D eigenvalue weighted by atomic mass is 35.5. The molecule has 0 saturated carbocycles. The largest absolute Gasteiger partial charge is 0.390 e. The molecule has 0 fully saturated rings. The molecule has 0 aromatic heterocycles. The Morgan fingerprint density at radius 3 is 2.58 bits per heavy atom. The number of aliphatic hydroxyl groups excluding tert-OH is 1. The van der Waals surface area contributed by atoms with Gasteiger partial charge in [0.2, 0.25) is 0 Å². The average Bonchev–Trinajstić information content (AvgIpc) is 2.59. The van der Waals surface area contributed by atoms with Gasteiger partial charge in [0.05, 0.1) is 27.5 Å². The predicted octanol–water partition coefficient (Wildman–Crippen LogP) is 3.49. The third-order valence-corrected chi connectivity index (χ3v) is 3.97. The third-order valence-electron chi connectivity index (χ3n) is 3.28. The van der Waals surface area contributed by atoms with Crippen LogP contribution in [0.4, 0.5) is 11.4 Å². The number of anilines is 1. The van der Waals surface area contributed by atoms with Gasteiger partial charge in [-0.2, -0.15) is 0 Å². The van der Waals surface area contributed by atoms with Gasteiger partial charge in [0.25, 0.3) is 5.69 Å². The molecular formula is C16H14Cl2N2O4. The molecule has 0 aliphatic heterocycles. The molecule has 2 N–H and O–H groups in total. The average molecular weight is 369 g/mol. The topological polar surface area (TPSA) is 92.5 Å². The Kier molecular flexibility index (Phi) is 6.14. The fourth-order valence-corrected chi connectivity index (χ4v) is 2.39. The maximum Gasteiger partial charge on any atom is 0.270 e. The van der Waals surface area contributed by atoms with Crippen molar-refractivity contribution in [3.05, 3.63) is 68.7 Å². The molecular weight excluding hydrogens is 355 g/mol. The maximum absolute atomic E-state index is 12.7. The first-order chi connectivity index (χ1) is 11.4. The van der Waals surface area contributed by atoms with Crippen molar-refractivity contribution in [2.75, 3.05) is 17.7 Å². The molecule has 2 rings (SSSR count). The zero-order chi connectivity index (χ0) is 17.7. The molecule has 126 valence electrons. The molecule has 8 heteroatoms. The molecule has 24 heavy (non-hydrogen) atoms. The minimum absolute atomic E-state index is 0.0216. The lowest BCUT2D eigenvalue weighted by Gasteiger charge is -2.14. The summed E-state index contributed by atoms with van der Waals surface area (Å²) in [5.41, 5.74) is 0.475. The molecule has 0 radical (unpaired) electrons. The van der Waals surface area contributed by atoms with Crippen molar-refractivity contribution in [3.63, 3.8) is 0 Å². The third kappa shape index (κ3) is 4.23. The van der Waals surface area contributed by atoms with E-state index in [-0.39, 0.29) is 34.3 Å². The molecule has 0 heterocycles. The molecule has 0 bridgehead atoms. The van der Waals surface area contributed by atoms with Gasteiger partial charge in [0.1, 0.15) is 0 Å². The van der Waals surface area contributed by atoms with Crippen LogP contribution >= 0.6 is 23.2 Å². The molecule has 0 aliphatic carbocycles. The van der Waals surface area contributed by atoms with Gasteiger partial charge in [0.15, 0.2) is 5.78 Å². The lowest BCUT2D eigenvalue weighted by molar-refractivity contribution is -0.384. The number of hydrogen-bond acceptors (Lipinski definition) is 5. The van der Waals surface area contributed by atoms with E-state index in [1.165, 1.54) is 18.2 Å². The second-order valence-corrected chi connectivity index (χ2v) is 5.70. The Balaban J connectivity index is 2.44. The Labute approximate surface area is 148 Å². The summed E-state index contributed by atoms with van der Waals surface area (Å²) in [7, 11) is 0. The summed E-state index contributed by atoms with van der Waals surface area (Å²) in [5, 5.41) is 23.7. The first-order valence-corrected chi connectivity index (χ1v) is 7.91. The van der Waals surface area contributed by atoms with Crippen molar-refractivity contribution < 1.29 is 14.8 Å². The van der Waals surface area contributed by atoms with Gasteiger partial charge in [0, 0.05) is 29.9 Å². The molecule has 0 spiro atoms. The standard InChI is InChI=1S/C16H14Cl2N2O4/c17-8-11(21)9-19-15-6-5-10(20(23)24)7-13(15)16(22)12-3-1-2-4-14(12)18/h1-7,11,19,21H,8-9H2. The highest BCUT2D eigenvalue weighted by Gasteiger charge is 2.20. The number of nitrogens with one attached hydrogen (secondary N) is 1. The van der Waals surface area contributed by atoms with E-state index >= 15 is 0 Å². The van der Waals surface area contributed by atoms with E-state index in [0.717, 1.165) is 0 Å². The number of alkyl halides is 1. The van der Waals surface area contributed by atoms with E-state index in [4.69, 9.17) is 23.2 Å². The summed E-state index contributed by atoms with van der Waals surface area (Å²) in [6.07, 6.45) is -0.815. The van der Waals surface area contributed by atoms with E-state index in [1.807, 2.05) is 0 Å². The molecule has 2 aromatic carbocycles. The van der Waals surface area contributed by atoms with E-state index < -0.39 is 16.8 Å². The maximum atomic E-state index is 12.7. The monoisotopic (exact) mass is 368 g/mol. The number of nitro groups is 1. The van der Waals surface area contributed by atoms with Gasteiger partial charge in [-0.05, 0) is 18.2 Å². The number of carbonyl (C=O) groups excluding carboxylic acids is 1. The summed E-state index contributed by atoms with van der Waals surface area (Å²) in [4.78, 5) is 23.2. The highest BCUT2D eigenvalue weighted by molar-refractivity contribution is 6.35. The van der Waals surface area contributed by atoms with E-state index in [1.54, 1.807) is 24.3 Å². The zero-order valence-corrected chi connectivity index (χ0v) is 13.9. The minimum atomic E-state index is -0.815. The summed E-state index contributed by atoms with van der Waals surface area (Å²) in [6.45, 7) is 0.101. The van der Waals surface area contributed by atoms with Crippen molar-refractivity contribution in [1.82, 2.24) is 0 Å². The van der Waals surface area contributed by atoms with Gasteiger partial charge in [-0.15, -0.1) is 11.6 Å². The lowest BCUT2D eigenvalue weighted by atomic mass is 10.0. The number of aliphatic hydroxyl groups is 1.